The van der Waals surface area contributed by atoms with Crippen molar-refractivity contribution in [3.8, 4) is 23.3 Å². The van der Waals surface area contributed by atoms with Crippen LogP contribution in [0, 0.1) is 18.8 Å². The van der Waals surface area contributed by atoms with Crippen LogP contribution in [-0.4, -0.2) is 38.1 Å². The number of rotatable bonds is 7. The summed E-state index contributed by atoms with van der Waals surface area (Å²) in [5.41, 5.74) is 3.58. The molecule has 0 radical (unpaired) electrons. The van der Waals surface area contributed by atoms with Gasteiger partial charge in [0.1, 0.15) is 0 Å². The maximum absolute atomic E-state index is 12.9. The molecular formula is C33H31NO6. The molecule has 7 nitrogen and oxygen atoms in total. The smallest absolute Gasteiger partial charge is 0.307 e. The van der Waals surface area contributed by atoms with Crippen molar-refractivity contribution < 1.29 is 28.6 Å². The summed E-state index contributed by atoms with van der Waals surface area (Å²) in [4.78, 5) is 39.4. The van der Waals surface area contributed by atoms with Gasteiger partial charge < -0.3 is 14.2 Å². The molecule has 40 heavy (non-hydrogen) atoms. The van der Waals surface area contributed by atoms with E-state index in [1.807, 2.05) is 31.2 Å². The summed E-state index contributed by atoms with van der Waals surface area (Å²) in [6, 6.07) is 17.8. The number of carbonyl (C=O) groups is 3. The highest BCUT2D eigenvalue weighted by atomic mass is 16.5. The Labute approximate surface area is 234 Å². The van der Waals surface area contributed by atoms with E-state index in [1.54, 1.807) is 43.5 Å². The maximum Gasteiger partial charge on any atom is 0.307 e. The Hall–Kier alpha value is -4.57. The van der Waals surface area contributed by atoms with Gasteiger partial charge in [0.25, 0.3) is 11.8 Å². The second-order valence-corrected chi connectivity index (χ2v) is 10.0. The Morgan fingerprint density at radius 2 is 1.65 bits per heavy atom. The highest BCUT2D eigenvalue weighted by Crippen LogP contribution is 2.35. The normalized spacial score (nSPS) is 15.3. The molecule has 0 bridgehead atoms. The van der Waals surface area contributed by atoms with Crippen LogP contribution in [0.15, 0.2) is 60.7 Å². The number of hydrogen-bond donors (Lipinski definition) is 0. The molecule has 0 spiro atoms. The van der Waals surface area contributed by atoms with Crippen molar-refractivity contribution in [3.63, 3.8) is 0 Å². The van der Waals surface area contributed by atoms with Gasteiger partial charge in [-0.05, 0) is 86.2 Å². The highest BCUT2D eigenvalue weighted by Gasteiger charge is 2.36. The van der Waals surface area contributed by atoms with Crippen LogP contribution in [0.2, 0.25) is 0 Å². The topological polar surface area (TPSA) is 82.1 Å². The van der Waals surface area contributed by atoms with Crippen molar-refractivity contribution in [1.82, 2.24) is 0 Å². The van der Waals surface area contributed by atoms with Crippen molar-refractivity contribution in [3.05, 3.63) is 88.5 Å². The number of fused-ring (bicyclic) bond motifs is 1. The summed E-state index contributed by atoms with van der Waals surface area (Å²) in [6.45, 7) is 1.84. The summed E-state index contributed by atoms with van der Waals surface area (Å²) >= 11 is 0. The number of imide groups is 1. The van der Waals surface area contributed by atoms with Gasteiger partial charge in [-0.1, -0.05) is 30.0 Å². The number of carbonyl (C=O) groups excluding carboxylic acids is 3. The third-order valence-electron chi connectivity index (χ3n) is 7.41. The molecule has 2 amide bonds. The summed E-state index contributed by atoms with van der Waals surface area (Å²) in [6.07, 6.45) is 4.54. The van der Waals surface area contributed by atoms with Crippen molar-refractivity contribution in [1.29, 1.82) is 0 Å². The lowest BCUT2D eigenvalue weighted by Crippen LogP contribution is -2.30. The second kappa shape index (κ2) is 11.7. The average Bonchev–Trinajstić information content (AvgIpc) is 3.57. The first-order chi connectivity index (χ1) is 19.4. The Bertz CT molecular complexity index is 1490. The molecule has 2 aliphatic rings. The molecule has 3 aromatic rings. The summed E-state index contributed by atoms with van der Waals surface area (Å²) in [7, 11) is 2.97. The largest absolute Gasteiger partial charge is 0.493 e. The molecule has 1 aliphatic carbocycles. The van der Waals surface area contributed by atoms with Gasteiger partial charge in [0.2, 0.25) is 0 Å². The van der Waals surface area contributed by atoms with E-state index in [4.69, 9.17) is 14.2 Å². The van der Waals surface area contributed by atoms with E-state index >= 15 is 0 Å². The molecule has 5 rings (SSSR count). The number of anilines is 1. The van der Waals surface area contributed by atoms with Gasteiger partial charge in [-0.3, -0.25) is 14.4 Å². The monoisotopic (exact) mass is 537 g/mol. The van der Waals surface area contributed by atoms with Crippen LogP contribution < -0.4 is 14.4 Å². The predicted octanol–water partition coefficient (Wildman–Crippen LogP) is 5.82. The van der Waals surface area contributed by atoms with Gasteiger partial charge in [-0.15, -0.1) is 0 Å². The Kier molecular flexibility index (Phi) is 7.88. The minimum absolute atomic E-state index is 0.0742. The van der Waals surface area contributed by atoms with E-state index in [-0.39, 0.29) is 30.3 Å². The molecule has 0 N–H and O–H groups in total. The molecule has 0 aromatic heterocycles. The first kappa shape index (κ1) is 27.0. The zero-order valence-electron chi connectivity index (χ0n) is 22.9. The molecule has 1 saturated carbocycles. The minimum Gasteiger partial charge on any atom is -0.493 e. The van der Waals surface area contributed by atoms with E-state index < -0.39 is 5.92 Å². The van der Waals surface area contributed by atoms with Crippen LogP contribution >= 0.6 is 0 Å². The minimum atomic E-state index is -0.444. The second-order valence-electron chi connectivity index (χ2n) is 10.0. The predicted molar refractivity (Wildman–Crippen MR) is 151 cm³/mol. The van der Waals surface area contributed by atoms with Gasteiger partial charge in [0.15, 0.2) is 11.5 Å². The standard InChI is InChI=1S/C33H31NO6/c1-21-18-22(13-16-28(21)34-32(36)26-10-6-7-11-27(26)33(34)37)12-14-24(20-31(35)39-3)23-15-17-29(38-2)30(19-23)40-25-8-4-5-9-25/h6-7,10-11,13,15-19,24-25H,4-5,8-9,20H2,1-3H3/t24-/m0/s1. The van der Waals surface area contributed by atoms with Crippen molar-refractivity contribution >= 4 is 23.5 Å². The molecule has 1 fully saturated rings. The SMILES string of the molecule is COC(=O)C[C@H](C#Cc1ccc(N2C(=O)c3ccccc3C2=O)c(C)c1)c1ccc(OC)c(OC2CCCC2)c1. The van der Waals surface area contributed by atoms with E-state index in [0.717, 1.165) is 36.8 Å². The van der Waals surface area contributed by atoms with Crippen LogP contribution in [0.25, 0.3) is 0 Å². The van der Waals surface area contributed by atoms with Crippen molar-refractivity contribution in [2.24, 2.45) is 0 Å². The van der Waals surface area contributed by atoms with Crippen LogP contribution in [0.1, 0.15) is 75.4 Å². The summed E-state index contributed by atoms with van der Waals surface area (Å²) in [5, 5.41) is 0. The lowest BCUT2D eigenvalue weighted by molar-refractivity contribution is -0.140. The zero-order valence-corrected chi connectivity index (χ0v) is 22.9. The summed E-state index contributed by atoms with van der Waals surface area (Å²) in [5.74, 6) is 6.20. The zero-order chi connectivity index (χ0) is 28.2. The number of methoxy groups -OCH3 is 2. The molecule has 1 aliphatic heterocycles. The molecule has 0 unspecified atom stereocenters. The number of hydrogen-bond acceptors (Lipinski definition) is 6. The van der Waals surface area contributed by atoms with Crippen LogP contribution in [0.4, 0.5) is 5.69 Å². The Morgan fingerprint density at radius 3 is 2.27 bits per heavy atom. The maximum atomic E-state index is 12.9. The molecular weight excluding hydrogens is 506 g/mol. The van der Waals surface area contributed by atoms with E-state index in [1.165, 1.54) is 12.0 Å². The first-order valence-electron chi connectivity index (χ1n) is 13.4. The third-order valence-corrected chi connectivity index (χ3v) is 7.41. The van der Waals surface area contributed by atoms with Crippen LogP contribution in [-0.2, 0) is 9.53 Å². The fraction of sp³-hybridized carbons (Fsp3) is 0.303. The average molecular weight is 538 g/mol. The van der Waals surface area contributed by atoms with Crippen molar-refractivity contribution in [2.75, 3.05) is 19.1 Å². The third kappa shape index (κ3) is 5.43. The molecule has 1 heterocycles. The number of amides is 2. The van der Waals surface area contributed by atoms with E-state index in [2.05, 4.69) is 11.8 Å². The van der Waals surface area contributed by atoms with E-state index in [9.17, 15) is 14.4 Å². The molecule has 3 aromatic carbocycles. The van der Waals surface area contributed by atoms with Gasteiger partial charge in [0, 0.05) is 5.56 Å². The number of benzene rings is 3. The molecule has 204 valence electrons. The van der Waals surface area contributed by atoms with Crippen LogP contribution in [0.3, 0.4) is 0 Å². The number of esters is 1. The number of ether oxygens (including phenoxy) is 3. The molecule has 1 atom stereocenters. The molecule has 7 heteroatoms. The van der Waals surface area contributed by atoms with E-state index in [0.29, 0.717) is 33.9 Å². The lowest BCUT2D eigenvalue weighted by atomic mass is 9.95. The van der Waals surface area contributed by atoms with Gasteiger partial charge >= 0.3 is 5.97 Å². The van der Waals surface area contributed by atoms with Crippen LogP contribution in [0.5, 0.6) is 11.5 Å². The van der Waals surface area contributed by atoms with Crippen molar-refractivity contribution in [2.45, 2.75) is 51.0 Å². The van der Waals surface area contributed by atoms with Gasteiger partial charge in [-0.2, -0.15) is 0 Å². The van der Waals surface area contributed by atoms with Gasteiger partial charge in [-0.25, -0.2) is 4.90 Å². The Morgan fingerprint density at radius 1 is 0.950 bits per heavy atom. The number of aryl methyl sites for hydroxylation is 1. The highest BCUT2D eigenvalue weighted by molar-refractivity contribution is 6.34. The quantitative estimate of drug-likeness (QED) is 0.215. The lowest BCUT2D eigenvalue weighted by Gasteiger charge is -2.18. The van der Waals surface area contributed by atoms with Gasteiger partial charge in [0.05, 0.1) is 49.5 Å². The molecule has 0 saturated heterocycles. The Balaban J connectivity index is 1.42. The fourth-order valence-corrected chi connectivity index (χ4v) is 5.25. The fourth-order valence-electron chi connectivity index (χ4n) is 5.25. The first-order valence-corrected chi connectivity index (χ1v) is 13.4. The number of nitrogens with zero attached hydrogens (tertiary/aromatic N) is 1. The summed E-state index contributed by atoms with van der Waals surface area (Å²) < 4.78 is 16.7.